The number of rotatable bonds is 4. The molecule has 90 valence electrons. The van der Waals surface area contributed by atoms with Crippen molar-refractivity contribution >= 4 is 5.71 Å². The average molecular weight is 223 g/mol. The van der Waals surface area contributed by atoms with Crippen LogP contribution in [-0.4, -0.2) is 30.6 Å². The molecule has 0 aliphatic heterocycles. The summed E-state index contributed by atoms with van der Waals surface area (Å²) in [5, 5.41) is 15.2. The van der Waals surface area contributed by atoms with Gasteiger partial charge < -0.3 is 15.3 Å². The SMILES string of the molecule is CCO.CCOCC(=N)c1ccc(C)cc1. The number of aryl methyl sites for hydroxylation is 1. The molecule has 2 N–H and O–H groups in total. The molecule has 0 aliphatic rings. The van der Waals surface area contributed by atoms with Gasteiger partial charge in [-0.3, -0.25) is 0 Å². The standard InChI is InChI=1S/C11H15NO.C2H6O/c1-3-13-8-11(12)10-6-4-9(2)5-7-10;1-2-3/h4-7,12H,3,8H2,1-2H3;3H,2H2,1H3. The van der Waals surface area contributed by atoms with Crippen molar-refractivity contribution in [2.75, 3.05) is 19.8 Å². The van der Waals surface area contributed by atoms with Crippen molar-refractivity contribution < 1.29 is 9.84 Å². The first-order chi connectivity index (χ1) is 7.65. The lowest BCUT2D eigenvalue weighted by Crippen LogP contribution is -2.08. The predicted molar refractivity (Wildman–Crippen MR) is 67.3 cm³/mol. The molecule has 0 fully saturated rings. The zero-order chi connectivity index (χ0) is 12.4. The number of aliphatic hydroxyl groups excluding tert-OH is 1. The minimum Gasteiger partial charge on any atom is -0.397 e. The molecule has 3 nitrogen and oxygen atoms in total. The fraction of sp³-hybridized carbons (Fsp3) is 0.462. The lowest BCUT2D eigenvalue weighted by molar-refractivity contribution is 0.187. The van der Waals surface area contributed by atoms with E-state index < -0.39 is 0 Å². The van der Waals surface area contributed by atoms with E-state index in [1.165, 1.54) is 5.56 Å². The van der Waals surface area contributed by atoms with Crippen LogP contribution in [0.4, 0.5) is 0 Å². The first-order valence-corrected chi connectivity index (χ1v) is 5.48. The van der Waals surface area contributed by atoms with Gasteiger partial charge in [-0.25, -0.2) is 0 Å². The zero-order valence-corrected chi connectivity index (χ0v) is 10.3. The Morgan fingerprint density at radius 2 is 1.75 bits per heavy atom. The normalized spacial score (nSPS) is 9.25. The Hall–Kier alpha value is -1.19. The lowest BCUT2D eigenvalue weighted by atomic mass is 10.1. The highest BCUT2D eigenvalue weighted by molar-refractivity contribution is 5.99. The molecule has 16 heavy (non-hydrogen) atoms. The summed E-state index contributed by atoms with van der Waals surface area (Å²) in [5.74, 6) is 0. The minimum absolute atomic E-state index is 0.250. The molecule has 0 saturated carbocycles. The molecule has 0 radical (unpaired) electrons. The van der Waals surface area contributed by atoms with Crippen LogP contribution in [0.2, 0.25) is 0 Å². The van der Waals surface area contributed by atoms with Gasteiger partial charge in [0.05, 0.1) is 12.3 Å². The second kappa shape index (κ2) is 9.07. The Kier molecular flexibility index (Phi) is 8.39. The van der Waals surface area contributed by atoms with E-state index in [4.69, 9.17) is 15.3 Å². The molecule has 3 heteroatoms. The van der Waals surface area contributed by atoms with Gasteiger partial charge in [0.15, 0.2) is 0 Å². The van der Waals surface area contributed by atoms with Crippen LogP contribution in [-0.2, 0) is 4.74 Å². The van der Waals surface area contributed by atoms with Crippen LogP contribution < -0.4 is 0 Å². The highest BCUT2D eigenvalue weighted by Gasteiger charge is 1.99. The fourth-order valence-electron chi connectivity index (χ4n) is 1.04. The Labute approximate surface area is 97.6 Å². The van der Waals surface area contributed by atoms with Crippen molar-refractivity contribution in [1.29, 1.82) is 5.41 Å². The van der Waals surface area contributed by atoms with Crippen molar-refractivity contribution in [3.63, 3.8) is 0 Å². The summed E-state index contributed by atoms with van der Waals surface area (Å²) >= 11 is 0. The highest BCUT2D eigenvalue weighted by Crippen LogP contribution is 2.03. The molecule has 0 saturated heterocycles. The van der Waals surface area contributed by atoms with Crippen molar-refractivity contribution in [3.8, 4) is 0 Å². The van der Waals surface area contributed by atoms with E-state index in [2.05, 4.69) is 0 Å². The Morgan fingerprint density at radius 3 is 2.19 bits per heavy atom. The maximum atomic E-state index is 7.68. The van der Waals surface area contributed by atoms with Crippen LogP contribution in [0.15, 0.2) is 24.3 Å². The number of hydrogen-bond donors (Lipinski definition) is 2. The van der Waals surface area contributed by atoms with Gasteiger partial charge in [0.2, 0.25) is 0 Å². The molecular weight excluding hydrogens is 202 g/mol. The smallest absolute Gasteiger partial charge is 0.0886 e. The van der Waals surface area contributed by atoms with Gasteiger partial charge in [-0.2, -0.15) is 0 Å². The van der Waals surface area contributed by atoms with Crippen LogP contribution in [0, 0.1) is 12.3 Å². The van der Waals surface area contributed by atoms with Gasteiger partial charge in [0.25, 0.3) is 0 Å². The maximum Gasteiger partial charge on any atom is 0.0886 e. The van der Waals surface area contributed by atoms with Gasteiger partial charge in [0, 0.05) is 13.2 Å². The van der Waals surface area contributed by atoms with E-state index in [0.717, 1.165) is 5.56 Å². The molecule has 0 unspecified atom stereocenters. The zero-order valence-electron chi connectivity index (χ0n) is 10.3. The van der Waals surface area contributed by atoms with E-state index in [1.807, 2.05) is 38.1 Å². The van der Waals surface area contributed by atoms with Crippen molar-refractivity contribution in [2.24, 2.45) is 0 Å². The Balaban J connectivity index is 0.000000673. The third kappa shape index (κ3) is 6.32. The van der Waals surface area contributed by atoms with E-state index in [-0.39, 0.29) is 6.61 Å². The average Bonchev–Trinajstić information content (AvgIpc) is 2.28. The topological polar surface area (TPSA) is 53.3 Å². The summed E-state index contributed by atoms with van der Waals surface area (Å²) in [4.78, 5) is 0. The largest absolute Gasteiger partial charge is 0.397 e. The Morgan fingerprint density at radius 1 is 1.25 bits per heavy atom. The van der Waals surface area contributed by atoms with E-state index >= 15 is 0 Å². The van der Waals surface area contributed by atoms with Crippen molar-refractivity contribution in [1.82, 2.24) is 0 Å². The van der Waals surface area contributed by atoms with Gasteiger partial charge in [-0.05, 0) is 26.3 Å². The molecule has 0 bridgehead atoms. The van der Waals surface area contributed by atoms with E-state index in [0.29, 0.717) is 18.9 Å². The van der Waals surface area contributed by atoms with Gasteiger partial charge >= 0.3 is 0 Å². The summed E-state index contributed by atoms with van der Waals surface area (Å²) < 4.78 is 5.16. The van der Waals surface area contributed by atoms with Gasteiger partial charge in [-0.15, -0.1) is 0 Å². The molecule has 1 rings (SSSR count). The van der Waals surface area contributed by atoms with Crippen LogP contribution in [0.1, 0.15) is 25.0 Å². The fourth-order valence-corrected chi connectivity index (χ4v) is 1.04. The minimum atomic E-state index is 0.250. The number of benzene rings is 1. The van der Waals surface area contributed by atoms with Crippen LogP contribution in [0.5, 0.6) is 0 Å². The molecule has 0 heterocycles. The molecule has 0 atom stereocenters. The van der Waals surface area contributed by atoms with Crippen LogP contribution in [0.3, 0.4) is 0 Å². The second-order valence-corrected chi connectivity index (χ2v) is 3.30. The molecule has 0 spiro atoms. The summed E-state index contributed by atoms with van der Waals surface area (Å²) in [5.41, 5.74) is 2.70. The number of ether oxygens (including phenoxy) is 1. The summed E-state index contributed by atoms with van der Waals surface area (Å²) in [6.45, 7) is 6.96. The summed E-state index contributed by atoms with van der Waals surface area (Å²) in [7, 11) is 0. The van der Waals surface area contributed by atoms with Crippen molar-refractivity contribution in [3.05, 3.63) is 35.4 Å². The first kappa shape index (κ1) is 14.8. The monoisotopic (exact) mass is 223 g/mol. The first-order valence-electron chi connectivity index (χ1n) is 5.48. The van der Waals surface area contributed by atoms with Crippen LogP contribution in [0.25, 0.3) is 0 Å². The van der Waals surface area contributed by atoms with Gasteiger partial charge in [0.1, 0.15) is 0 Å². The summed E-state index contributed by atoms with van der Waals surface area (Å²) in [6.07, 6.45) is 0. The number of hydrogen-bond acceptors (Lipinski definition) is 3. The van der Waals surface area contributed by atoms with E-state index in [9.17, 15) is 0 Å². The second-order valence-electron chi connectivity index (χ2n) is 3.30. The molecule has 1 aromatic carbocycles. The molecule has 0 amide bonds. The molecule has 0 aromatic heterocycles. The molecular formula is C13H21NO2. The van der Waals surface area contributed by atoms with E-state index in [1.54, 1.807) is 6.92 Å². The molecule has 0 aliphatic carbocycles. The number of aliphatic hydroxyl groups is 1. The Bertz CT molecular complexity index is 293. The predicted octanol–water partition coefficient (Wildman–Crippen LogP) is 2.40. The lowest BCUT2D eigenvalue weighted by Gasteiger charge is -2.04. The highest BCUT2D eigenvalue weighted by atomic mass is 16.5. The summed E-state index contributed by atoms with van der Waals surface area (Å²) in [6, 6.07) is 7.93. The third-order valence-electron chi connectivity index (χ3n) is 1.85. The molecule has 1 aromatic rings. The van der Waals surface area contributed by atoms with Crippen molar-refractivity contribution in [2.45, 2.75) is 20.8 Å². The maximum absolute atomic E-state index is 7.68. The number of nitrogens with one attached hydrogen (secondary N) is 1. The third-order valence-corrected chi connectivity index (χ3v) is 1.85. The quantitative estimate of drug-likeness (QED) is 0.770. The van der Waals surface area contributed by atoms with Gasteiger partial charge in [-0.1, -0.05) is 29.8 Å². The van der Waals surface area contributed by atoms with Crippen LogP contribution >= 0.6 is 0 Å².